The average Bonchev–Trinajstić information content (AvgIpc) is 2.90. The van der Waals surface area contributed by atoms with E-state index in [-0.39, 0.29) is 0 Å². The predicted molar refractivity (Wildman–Crippen MR) is 83.5 cm³/mol. The summed E-state index contributed by atoms with van der Waals surface area (Å²) in [6.45, 7) is 3.99. The maximum Gasteiger partial charge on any atom is 0.133 e. The van der Waals surface area contributed by atoms with Crippen LogP contribution in [0.1, 0.15) is 41.7 Å². The molecule has 0 saturated heterocycles. The van der Waals surface area contributed by atoms with Crippen molar-refractivity contribution in [1.29, 1.82) is 0 Å². The van der Waals surface area contributed by atoms with Gasteiger partial charge in [0.2, 0.25) is 0 Å². The van der Waals surface area contributed by atoms with Gasteiger partial charge in [-0.15, -0.1) is 0 Å². The molecular weight excluding hydrogens is 314 g/mol. The number of benzene rings is 1. The molecule has 1 N–H and O–H groups in total. The largest absolute Gasteiger partial charge is 0.307 e. The van der Waals surface area contributed by atoms with Crippen LogP contribution < -0.4 is 5.32 Å². The van der Waals surface area contributed by atoms with E-state index in [4.69, 9.17) is 9.97 Å². The second-order valence-corrected chi connectivity index (χ2v) is 5.99. The molecule has 3 nitrogen and oxygen atoms in total. The van der Waals surface area contributed by atoms with Crippen LogP contribution in [0.25, 0.3) is 0 Å². The Kier molecular flexibility index (Phi) is 4.13. The Morgan fingerprint density at radius 3 is 2.85 bits per heavy atom. The van der Waals surface area contributed by atoms with E-state index in [0.717, 1.165) is 42.6 Å². The molecule has 0 spiro atoms. The van der Waals surface area contributed by atoms with Crippen LogP contribution in [0, 0.1) is 0 Å². The van der Waals surface area contributed by atoms with Crippen molar-refractivity contribution in [2.45, 2.75) is 39.3 Å². The van der Waals surface area contributed by atoms with Crippen LogP contribution in [0.5, 0.6) is 0 Å². The molecule has 0 unspecified atom stereocenters. The van der Waals surface area contributed by atoms with Crippen LogP contribution in [0.2, 0.25) is 0 Å². The Morgan fingerprint density at radius 2 is 2.05 bits per heavy atom. The summed E-state index contributed by atoms with van der Waals surface area (Å²) in [6.07, 6.45) is 2.94. The summed E-state index contributed by atoms with van der Waals surface area (Å²) in [5, 5.41) is 3.38. The first-order chi connectivity index (χ1) is 9.78. The summed E-state index contributed by atoms with van der Waals surface area (Å²) in [4.78, 5) is 9.54. The van der Waals surface area contributed by atoms with Crippen molar-refractivity contribution >= 4 is 15.9 Å². The topological polar surface area (TPSA) is 37.8 Å². The first kappa shape index (κ1) is 13.7. The molecule has 1 aromatic heterocycles. The first-order valence-corrected chi connectivity index (χ1v) is 7.89. The quantitative estimate of drug-likeness (QED) is 0.933. The highest BCUT2D eigenvalue weighted by Crippen LogP contribution is 2.22. The number of hydrogen-bond donors (Lipinski definition) is 1. The van der Waals surface area contributed by atoms with Gasteiger partial charge in [-0.3, -0.25) is 0 Å². The fraction of sp³-hybridized carbons (Fsp3) is 0.375. The van der Waals surface area contributed by atoms with Crippen molar-refractivity contribution in [2.24, 2.45) is 0 Å². The summed E-state index contributed by atoms with van der Waals surface area (Å²) < 4.78 is 1.12. The maximum atomic E-state index is 4.80. The highest BCUT2D eigenvalue weighted by molar-refractivity contribution is 9.10. The third kappa shape index (κ3) is 2.76. The second kappa shape index (κ2) is 6.02. The smallest absolute Gasteiger partial charge is 0.133 e. The molecule has 1 aromatic carbocycles. The first-order valence-electron chi connectivity index (χ1n) is 7.09. The van der Waals surface area contributed by atoms with E-state index >= 15 is 0 Å². The minimum atomic E-state index is 0.783. The summed E-state index contributed by atoms with van der Waals surface area (Å²) in [6, 6.07) is 8.28. The van der Waals surface area contributed by atoms with Crippen LogP contribution in [0.4, 0.5) is 0 Å². The van der Waals surface area contributed by atoms with Crippen LogP contribution in [0.3, 0.4) is 0 Å². The summed E-state index contributed by atoms with van der Waals surface area (Å²) >= 11 is 3.60. The van der Waals surface area contributed by atoms with Gasteiger partial charge < -0.3 is 5.32 Å². The Balaban J connectivity index is 1.94. The molecule has 0 bridgehead atoms. The summed E-state index contributed by atoms with van der Waals surface area (Å²) in [5.74, 6) is 0.933. The van der Waals surface area contributed by atoms with Gasteiger partial charge in [0.05, 0.1) is 5.69 Å². The summed E-state index contributed by atoms with van der Waals surface area (Å²) in [7, 11) is 0. The third-order valence-electron chi connectivity index (χ3n) is 3.61. The molecule has 1 aliphatic rings. The highest BCUT2D eigenvalue weighted by Gasteiger charge is 2.18. The van der Waals surface area contributed by atoms with Gasteiger partial charge >= 0.3 is 0 Å². The van der Waals surface area contributed by atoms with E-state index in [0.29, 0.717) is 0 Å². The molecule has 2 heterocycles. The Labute approximate surface area is 128 Å². The molecule has 104 valence electrons. The van der Waals surface area contributed by atoms with Crippen molar-refractivity contribution in [3.63, 3.8) is 0 Å². The third-order valence-corrected chi connectivity index (χ3v) is 4.39. The lowest BCUT2D eigenvalue weighted by atomic mass is 10.1. The van der Waals surface area contributed by atoms with Gasteiger partial charge in [-0.05, 0) is 18.1 Å². The Bertz CT molecular complexity index is 625. The van der Waals surface area contributed by atoms with E-state index in [1.807, 2.05) is 6.07 Å². The fourth-order valence-electron chi connectivity index (χ4n) is 2.63. The average molecular weight is 332 g/mol. The van der Waals surface area contributed by atoms with E-state index < -0.39 is 0 Å². The van der Waals surface area contributed by atoms with Crippen molar-refractivity contribution in [3.05, 3.63) is 57.1 Å². The molecule has 3 rings (SSSR count). The van der Waals surface area contributed by atoms with Crippen LogP contribution in [0.15, 0.2) is 28.7 Å². The van der Waals surface area contributed by atoms with Gasteiger partial charge in [0.1, 0.15) is 5.82 Å². The minimum absolute atomic E-state index is 0.783. The monoisotopic (exact) mass is 331 g/mol. The van der Waals surface area contributed by atoms with Gasteiger partial charge in [0, 0.05) is 35.2 Å². The van der Waals surface area contributed by atoms with Crippen molar-refractivity contribution in [1.82, 2.24) is 15.3 Å². The van der Waals surface area contributed by atoms with Gasteiger partial charge in [0.25, 0.3) is 0 Å². The van der Waals surface area contributed by atoms with Crippen LogP contribution >= 0.6 is 15.9 Å². The fourth-order valence-corrected chi connectivity index (χ4v) is 3.05. The molecule has 0 saturated carbocycles. The van der Waals surface area contributed by atoms with E-state index in [1.165, 1.54) is 22.5 Å². The minimum Gasteiger partial charge on any atom is -0.307 e. The standard InChI is InChI=1S/C16H18BrN3/c1-2-5-14-12-9-18-10-15(12)20-16(19-14)8-11-6-3-4-7-13(11)17/h3-4,6-7,18H,2,5,8-10H2,1H3. The second-order valence-electron chi connectivity index (χ2n) is 5.13. The van der Waals surface area contributed by atoms with Crippen LogP contribution in [-0.4, -0.2) is 9.97 Å². The number of rotatable bonds is 4. The maximum absolute atomic E-state index is 4.80. The number of halogens is 1. The van der Waals surface area contributed by atoms with Crippen molar-refractivity contribution in [3.8, 4) is 0 Å². The molecule has 20 heavy (non-hydrogen) atoms. The van der Waals surface area contributed by atoms with Gasteiger partial charge in [-0.2, -0.15) is 0 Å². The lowest BCUT2D eigenvalue weighted by Gasteiger charge is -2.09. The Morgan fingerprint density at radius 1 is 1.20 bits per heavy atom. The zero-order valence-corrected chi connectivity index (χ0v) is 13.2. The van der Waals surface area contributed by atoms with Crippen molar-refractivity contribution in [2.75, 3.05) is 0 Å². The highest BCUT2D eigenvalue weighted by atomic mass is 79.9. The lowest BCUT2D eigenvalue weighted by molar-refractivity contribution is 0.753. The molecule has 0 radical (unpaired) electrons. The number of hydrogen-bond acceptors (Lipinski definition) is 3. The van der Waals surface area contributed by atoms with E-state index in [1.54, 1.807) is 0 Å². The zero-order chi connectivity index (χ0) is 13.9. The Hall–Kier alpha value is -1.26. The number of nitrogens with zero attached hydrogens (tertiary/aromatic N) is 2. The van der Waals surface area contributed by atoms with Crippen molar-refractivity contribution < 1.29 is 0 Å². The molecule has 2 aromatic rings. The predicted octanol–water partition coefficient (Wildman–Crippen LogP) is 3.39. The summed E-state index contributed by atoms with van der Waals surface area (Å²) in [5.41, 5.74) is 4.97. The van der Waals surface area contributed by atoms with E-state index in [9.17, 15) is 0 Å². The molecule has 0 amide bonds. The van der Waals surface area contributed by atoms with Gasteiger partial charge in [-0.1, -0.05) is 47.5 Å². The number of nitrogens with one attached hydrogen (secondary N) is 1. The SMILES string of the molecule is CCCc1nc(Cc2ccccc2Br)nc2c1CNC2. The lowest BCUT2D eigenvalue weighted by Crippen LogP contribution is -2.07. The number of fused-ring (bicyclic) bond motifs is 1. The molecule has 0 fully saturated rings. The number of aryl methyl sites for hydroxylation is 1. The molecule has 0 atom stereocenters. The normalized spacial score (nSPS) is 13.5. The van der Waals surface area contributed by atoms with Gasteiger partial charge in [0.15, 0.2) is 0 Å². The molecule has 4 heteroatoms. The molecule has 1 aliphatic heterocycles. The molecule has 0 aliphatic carbocycles. The number of aromatic nitrogens is 2. The zero-order valence-electron chi connectivity index (χ0n) is 11.6. The van der Waals surface area contributed by atoms with E-state index in [2.05, 4.69) is 46.4 Å². The van der Waals surface area contributed by atoms with Crippen LogP contribution in [-0.2, 0) is 25.9 Å². The van der Waals surface area contributed by atoms with Gasteiger partial charge in [-0.25, -0.2) is 9.97 Å². The molecular formula is C16H18BrN3.